The number of hydrogen-bond donors (Lipinski definition) is 1. The van der Waals surface area contributed by atoms with Crippen LogP contribution in [0.25, 0.3) is 11.4 Å². The topological polar surface area (TPSA) is 37.8 Å². The van der Waals surface area contributed by atoms with Gasteiger partial charge in [0.15, 0.2) is 5.82 Å². The predicted molar refractivity (Wildman–Crippen MR) is 77.2 cm³/mol. The highest BCUT2D eigenvalue weighted by atomic mass is 79.9. The number of hydrogen-bond acceptors (Lipinski definition) is 3. The van der Waals surface area contributed by atoms with Gasteiger partial charge in [-0.2, -0.15) is 0 Å². The molecule has 0 radical (unpaired) electrons. The average Bonchev–Trinajstić information content (AvgIpc) is 2.39. The smallest absolute Gasteiger partial charge is 0.159 e. The molecule has 0 spiro atoms. The molecular formula is C14H16BrN3. The van der Waals surface area contributed by atoms with Crippen molar-refractivity contribution < 1.29 is 0 Å². The van der Waals surface area contributed by atoms with Crippen molar-refractivity contribution in [2.45, 2.75) is 19.9 Å². The van der Waals surface area contributed by atoms with Crippen LogP contribution in [-0.2, 0) is 6.54 Å². The lowest BCUT2D eigenvalue weighted by Gasteiger charge is -2.05. The summed E-state index contributed by atoms with van der Waals surface area (Å²) in [4.78, 5) is 8.88. The largest absolute Gasteiger partial charge is 0.311 e. The van der Waals surface area contributed by atoms with Crippen LogP contribution >= 0.6 is 15.9 Å². The Labute approximate surface area is 116 Å². The second kappa shape index (κ2) is 6.61. The van der Waals surface area contributed by atoms with E-state index in [9.17, 15) is 0 Å². The van der Waals surface area contributed by atoms with E-state index in [0.29, 0.717) is 0 Å². The van der Waals surface area contributed by atoms with E-state index in [-0.39, 0.29) is 0 Å². The third kappa shape index (κ3) is 3.62. The standard InChI is InChI=1S/C14H16BrN3/c1-2-7-16-10-13-6-8-17-14(18-13)11-4-3-5-12(15)9-11/h3-6,8-9,16H,2,7,10H2,1H3. The average molecular weight is 306 g/mol. The van der Waals surface area contributed by atoms with Crippen LogP contribution in [0.5, 0.6) is 0 Å². The maximum Gasteiger partial charge on any atom is 0.159 e. The van der Waals surface area contributed by atoms with Crippen molar-refractivity contribution in [1.29, 1.82) is 0 Å². The molecule has 0 saturated heterocycles. The third-order valence-corrected chi connectivity index (χ3v) is 3.02. The highest BCUT2D eigenvalue weighted by Gasteiger charge is 2.02. The molecule has 94 valence electrons. The number of halogens is 1. The lowest BCUT2D eigenvalue weighted by atomic mass is 10.2. The van der Waals surface area contributed by atoms with E-state index in [4.69, 9.17) is 0 Å². The second-order valence-electron chi connectivity index (χ2n) is 4.06. The molecule has 0 amide bonds. The quantitative estimate of drug-likeness (QED) is 0.860. The van der Waals surface area contributed by atoms with Gasteiger partial charge in [-0.15, -0.1) is 0 Å². The minimum Gasteiger partial charge on any atom is -0.311 e. The molecule has 0 bridgehead atoms. The van der Waals surface area contributed by atoms with Gasteiger partial charge in [0.2, 0.25) is 0 Å². The summed E-state index contributed by atoms with van der Waals surface area (Å²) in [6, 6.07) is 9.98. The van der Waals surface area contributed by atoms with Crippen molar-refractivity contribution in [3.8, 4) is 11.4 Å². The van der Waals surface area contributed by atoms with E-state index < -0.39 is 0 Å². The van der Waals surface area contributed by atoms with Gasteiger partial charge in [0, 0.05) is 22.8 Å². The minimum atomic E-state index is 0.770. The first-order chi connectivity index (χ1) is 8.79. The van der Waals surface area contributed by atoms with E-state index in [1.165, 1.54) is 0 Å². The first-order valence-electron chi connectivity index (χ1n) is 6.08. The molecular weight excluding hydrogens is 290 g/mol. The summed E-state index contributed by atoms with van der Waals surface area (Å²) in [6.45, 7) is 3.95. The molecule has 0 aliphatic heterocycles. The normalized spacial score (nSPS) is 10.6. The maximum atomic E-state index is 4.56. The predicted octanol–water partition coefficient (Wildman–Crippen LogP) is 3.41. The Hall–Kier alpha value is -1.26. The molecule has 2 aromatic rings. The van der Waals surface area contributed by atoms with Crippen LogP contribution in [0.1, 0.15) is 19.0 Å². The van der Waals surface area contributed by atoms with E-state index in [2.05, 4.69) is 38.1 Å². The summed E-state index contributed by atoms with van der Waals surface area (Å²) < 4.78 is 1.04. The second-order valence-corrected chi connectivity index (χ2v) is 4.97. The molecule has 18 heavy (non-hydrogen) atoms. The molecule has 0 fully saturated rings. The van der Waals surface area contributed by atoms with Crippen molar-refractivity contribution >= 4 is 15.9 Å². The van der Waals surface area contributed by atoms with Gasteiger partial charge in [-0.25, -0.2) is 9.97 Å². The van der Waals surface area contributed by atoms with Crippen molar-refractivity contribution in [2.75, 3.05) is 6.54 Å². The Morgan fingerprint density at radius 3 is 2.94 bits per heavy atom. The molecule has 1 aromatic carbocycles. The van der Waals surface area contributed by atoms with Crippen molar-refractivity contribution in [3.05, 3.63) is 46.7 Å². The van der Waals surface area contributed by atoms with Crippen LogP contribution < -0.4 is 5.32 Å². The Balaban J connectivity index is 2.16. The summed E-state index contributed by atoms with van der Waals surface area (Å²) >= 11 is 3.46. The number of aromatic nitrogens is 2. The first kappa shape index (κ1) is 13.2. The fourth-order valence-electron chi connectivity index (χ4n) is 1.65. The molecule has 1 heterocycles. The molecule has 0 saturated carbocycles. The molecule has 0 unspecified atom stereocenters. The number of nitrogens with one attached hydrogen (secondary N) is 1. The molecule has 3 nitrogen and oxygen atoms in total. The van der Waals surface area contributed by atoms with E-state index >= 15 is 0 Å². The van der Waals surface area contributed by atoms with Crippen LogP contribution in [0, 0.1) is 0 Å². The van der Waals surface area contributed by atoms with Gasteiger partial charge in [-0.05, 0) is 31.2 Å². The van der Waals surface area contributed by atoms with Crippen LogP contribution in [0.2, 0.25) is 0 Å². The highest BCUT2D eigenvalue weighted by molar-refractivity contribution is 9.10. The molecule has 1 N–H and O–H groups in total. The maximum absolute atomic E-state index is 4.56. The summed E-state index contributed by atoms with van der Waals surface area (Å²) in [6.07, 6.45) is 2.94. The van der Waals surface area contributed by atoms with E-state index in [0.717, 1.165) is 41.1 Å². The Morgan fingerprint density at radius 1 is 1.28 bits per heavy atom. The molecule has 4 heteroatoms. The van der Waals surface area contributed by atoms with Crippen LogP contribution in [0.15, 0.2) is 41.0 Å². The Morgan fingerprint density at radius 2 is 2.17 bits per heavy atom. The summed E-state index contributed by atoms with van der Waals surface area (Å²) in [5.41, 5.74) is 2.05. The third-order valence-electron chi connectivity index (χ3n) is 2.53. The van der Waals surface area contributed by atoms with Crippen molar-refractivity contribution in [3.63, 3.8) is 0 Å². The van der Waals surface area contributed by atoms with E-state index in [1.54, 1.807) is 0 Å². The van der Waals surface area contributed by atoms with Gasteiger partial charge in [0.1, 0.15) is 0 Å². The van der Waals surface area contributed by atoms with Crippen LogP contribution in [-0.4, -0.2) is 16.5 Å². The fourth-order valence-corrected chi connectivity index (χ4v) is 2.05. The van der Waals surface area contributed by atoms with Gasteiger partial charge in [0.05, 0.1) is 5.69 Å². The zero-order valence-corrected chi connectivity index (χ0v) is 11.9. The molecule has 0 atom stereocenters. The SMILES string of the molecule is CCCNCc1ccnc(-c2cccc(Br)c2)n1. The van der Waals surface area contributed by atoms with Crippen LogP contribution in [0.3, 0.4) is 0 Å². The molecule has 2 rings (SSSR count). The lowest BCUT2D eigenvalue weighted by molar-refractivity contribution is 0.663. The van der Waals surface area contributed by atoms with Gasteiger partial charge in [0.25, 0.3) is 0 Å². The van der Waals surface area contributed by atoms with Gasteiger partial charge >= 0.3 is 0 Å². The van der Waals surface area contributed by atoms with Crippen molar-refractivity contribution in [2.24, 2.45) is 0 Å². The van der Waals surface area contributed by atoms with Gasteiger partial charge in [-0.3, -0.25) is 0 Å². The Bertz CT molecular complexity index is 514. The number of benzene rings is 1. The monoisotopic (exact) mass is 305 g/mol. The molecule has 1 aromatic heterocycles. The first-order valence-corrected chi connectivity index (χ1v) is 6.87. The number of nitrogens with zero attached hydrogens (tertiary/aromatic N) is 2. The number of rotatable bonds is 5. The Kier molecular flexibility index (Phi) is 4.84. The minimum absolute atomic E-state index is 0.770. The zero-order chi connectivity index (χ0) is 12.8. The molecule has 0 aliphatic carbocycles. The van der Waals surface area contributed by atoms with Crippen LogP contribution in [0.4, 0.5) is 0 Å². The zero-order valence-electron chi connectivity index (χ0n) is 10.4. The summed E-state index contributed by atoms with van der Waals surface area (Å²) in [5, 5.41) is 3.34. The fraction of sp³-hybridized carbons (Fsp3) is 0.286. The summed E-state index contributed by atoms with van der Waals surface area (Å²) in [5.74, 6) is 0.770. The summed E-state index contributed by atoms with van der Waals surface area (Å²) in [7, 11) is 0. The van der Waals surface area contributed by atoms with E-state index in [1.807, 2.05) is 36.5 Å². The lowest BCUT2D eigenvalue weighted by Crippen LogP contribution is -2.15. The van der Waals surface area contributed by atoms with Crippen molar-refractivity contribution in [1.82, 2.24) is 15.3 Å². The van der Waals surface area contributed by atoms with Gasteiger partial charge < -0.3 is 5.32 Å². The highest BCUT2D eigenvalue weighted by Crippen LogP contribution is 2.19. The van der Waals surface area contributed by atoms with Gasteiger partial charge in [-0.1, -0.05) is 35.0 Å². The molecule has 0 aliphatic rings.